The van der Waals surface area contributed by atoms with Gasteiger partial charge in [-0.2, -0.15) is 5.26 Å². The maximum Gasteiger partial charge on any atom is 0.238 e. The molecule has 0 spiro atoms. The third-order valence-corrected chi connectivity index (χ3v) is 6.57. The lowest BCUT2D eigenvalue weighted by molar-refractivity contribution is -0.127. The highest BCUT2D eigenvalue weighted by Crippen LogP contribution is 2.47. The van der Waals surface area contributed by atoms with Crippen LogP contribution in [0.3, 0.4) is 0 Å². The minimum absolute atomic E-state index is 0.112. The van der Waals surface area contributed by atoms with Crippen LogP contribution >= 0.6 is 0 Å². The maximum absolute atomic E-state index is 13.6. The Morgan fingerprint density at radius 1 is 1.10 bits per heavy atom. The Morgan fingerprint density at radius 3 is 2.38 bits per heavy atom. The number of imide groups is 1. The summed E-state index contributed by atoms with van der Waals surface area (Å²) in [6.45, 7) is 5.75. The number of nitriles is 1. The van der Waals surface area contributed by atoms with E-state index in [1.54, 1.807) is 19.1 Å². The average Bonchev–Trinajstić information content (AvgIpc) is 2.98. The highest BCUT2D eigenvalue weighted by Gasteiger charge is 2.54. The zero-order chi connectivity index (χ0) is 21.2. The molecule has 152 valence electrons. The average molecular weight is 392 g/mol. The van der Waals surface area contributed by atoms with E-state index in [1.165, 1.54) is 4.90 Å². The van der Waals surface area contributed by atoms with Gasteiger partial charge in [0.05, 0.1) is 23.2 Å². The van der Waals surface area contributed by atoms with Crippen molar-refractivity contribution in [3.8, 4) is 6.07 Å². The van der Waals surface area contributed by atoms with E-state index in [0.29, 0.717) is 29.5 Å². The summed E-state index contributed by atoms with van der Waals surface area (Å²) in [5.74, 6) is -1.53. The van der Waals surface area contributed by atoms with Crippen LogP contribution in [0.5, 0.6) is 0 Å². The molecule has 1 N–H and O–H groups in total. The molecule has 5 nitrogen and oxygen atoms in total. The smallest absolute Gasteiger partial charge is 0.238 e. The number of amides is 2. The fourth-order valence-corrected chi connectivity index (χ4v) is 4.78. The fourth-order valence-electron chi connectivity index (χ4n) is 4.78. The second-order valence-corrected chi connectivity index (χ2v) is 8.05. The topological polar surface area (TPSA) is 81.4 Å². The quantitative estimate of drug-likeness (QED) is 0.708. The van der Waals surface area contributed by atoms with Gasteiger partial charge in [0.2, 0.25) is 11.8 Å². The Bertz CT molecular complexity index is 972. The van der Waals surface area contributed by atoms with E-state index in [0.717, 1.165) is 18.2 Å². The second-order valence-electron chi connectivity index (χ2n) is 8.05. The van der Waals surface area contributed by atoms with Crippen LogP contribution in [0.2, 0.25) is 0 Å². The molecule has 1 saturated heterocycles. The first kappa shape index (κ1) is 21.0. The molecule has 1 heterocycles. The van der Waals surface area contributed by atoms with Crippen LogP contribution in [0.25, 0.3) is 10.8 Å². The minimum atomic E-state index is -0.598. The predicted octanol–water partition coefficient (Wildman–Crippen LogP) is 4.42. The van der Waals surface area contributed by atoms with Crippen molar-refractivity contribution in [2.45, 2.75) is 46.5 Å². The number of nitrogens with zero attached hydrogens (tertiary/aromatic N) is 2. The van der Waals surface area contributed by atoms with E-state index in [1.807, 2.05) is 31.2 Å². The van der Waals surface area contributed by atoms with E-state index in [9.17, 15) is 20.0 Å². The van der Waals surface area contributed by atoms with Gasteiger partial charge in [-0.3, -0.25) is 9.59 Å². The van der Waals surface area contributed by atoms with Gasteiger partial charge < -0.3 is 5.11 Å². The van der Waals surface area contributed by atoms with Crippen molar-refractivity contribution >= 4 is 28.3 Å². The predicted molar refractivity (Wildman–Crippen MR) is 113 cm³/mol. The molecule has 1 aliphatic rings. The molecule has 2 aromatic carbocycles. The van der Waals surface area contributed by atoms with E-state index in [2.05, 4.69) is 13.0 Å². The van der Waals surface area contributed by atoms with E-state index in [4.69, 9.17) is 0 Å². The third-order valence-electron chi connectivity index (χ3n) is 6.57. The molecular formula is C24H28N2O3. The van der Waals surface area contributed by atoms with Crippen LogP contribution in [0.1, 0.15) is 52.0 Å². The number of carbonyl (C=O) groups excluding carboxylic acids is 2. The number of unbranched alkanes of at least 4 members (excludes halogenated alkanes) is 1. The van der Waals surface area contributed by atoms with Crippen LogP contribution in [0, 0.1) is 28.6 Å². The van der Waals surface area contributed by atoms with Crippen LogP contribution in [-0.4, -0.2) is 23.5 Å². The highest BCUT2D eigenvalue weighted by atomic mass is 16.3. The molecule has 0 aliphatic carbocycles. The molecule has 1 aliphatic heterocycles. The first-order valence-corrected chi connectivity index (χ1v) is 10.4. The van der Waals surface area contributed by atoms with Gasteiger partial charge in [0, 0.05) is 28.7 Å². The van der Waals surface area contributed by atoms with Crippen LogP contribution in [0.15, 0.2) is 36.4 Å². The van der Waals surface area contributed by atoms with Crippen molar-refractivity contribution in [3.05, 3.63) is 42.0 Å². The number of aliphatic hydroxyl groups is 1. The molecule has 3 unspecified atom stereocenters. The molecule has 5 heteroatoms. The molecule has 0 aromatic heterocycles. The number of hydrogen-bond acceptors (Lipinski definition) is 4. The van der Waals surface area contributed by atoms with Gasteiger partial charge in [-0.1, -0.05) is 57.9 Å². The van der Waals surface area contributed by atoms with Crippen molar-refractivity contribution in [1.82, 2.24) is 0 Å². The number of anilines is 1. The summed E-state index contributed by atoms with van der Waals surface area (Å²) < 4.78 is 0. The molecule has 29 heavy (non-hydrogen) atoms. The standard InChI is InChI=1S/C24H28N2O3/c1-4-6-13-24(5-2,15-27)21-16(3)22(28)26(23(21)29)20-12-11-17(14-25)18-9-7-8-10-19(18)20/h7-12,16,21,27H,4-6,13,15H2,1-3H3. The summed E-state index contributed by atoms with van der Waals surface area (Å²) in [6.07, 6.45) is 3.22. The van der Waals surface area contributed by atoms with Crippen molar-refractivity contribution in [3.63, 3.8) is 0 Å². The molecule has 0 saturated carbocycles. The number of carbonyl (C=O) groups is 2. The molecule has 0 bridgehead atoms. The van der Waals surface area contributed by atoms with Gasteiger partial charge in [0.15, 0.2) is 0 Å². The van der Waals surface area contributed by atoms with Gasteiger partial charge in [-0.25, -0.2) is 4.90 Å². The van der Waals surface area contributed by atoms with Crippen LogP contribution in [-0.2, 0) is 9.59 Å². The Morgan fingerprint density at radius 2 is 1.79 bits per heavy atom. The lowest BCUT2D eigenvalue weighted by Crippen LogP contribution is -2.41. The second kappa shape index (κ2) is 8.34. The summed E-state index contributed by atoms with van der Waals surface area (Å²) in [5.41, 5.74) is 0.427. The largest absolute Gasteiger partial charge is 0.396 e. The van der Waals surface area contributed by atoms with Crippen molar-refractivity contribution in [2.75, 3.05) is 11.5 Å². The van der Waals surface area contributed by atoms with Crippen molar-refractivity contribution in [1.29, 1.82) is 5.26 Å². The number of benzene rings is 2. The molecule has 3 atom stereocenters. The zero-order valence-corrected chi connectivity index (χ0v) is 17.3. The molecule has 1 fully saturated rings. The summed E-state index contributed by atoms with van der Waals surface area (Å²) >= 11 is 0. The van der Waals surface area contributed by atoms with Gasteiger partial charge in [-0.15, -0.1) is 0 Å². The first-order chi connectivity index (χ1) is 14.0. The number of rotatable bonds is 7. The normalized spacial score (nSPS) is 21.4. The fraction of sp³-hybridized carbons (Fsp3) is 0.458. The summed E-state index contributed by atoms with van der Waals surface area (Å²) in [6, 6.07) is 12.9. The van der Waals surface area contributed by atoms with Gasteiger partial charge >= 0.3 is 0 Å². The molecular weight excluding hydrogens is 364 g/mol. The molecule has 0 radical (unpaired) electrons. The number of hydrogen-bond donors (Lipinski definition) is 1. The van der Waals surface area contributed by atoms with Gasteiger partial charge in [0.1, 0.15) is 0 Å². The third kappa shape index (κ3) is 3.32. The Labute approximate surface area is 171 Å². The lowest BCUT2D eigenvalue weighted by atomic mass is 9.66. The van der Waals surface area contributed by atoms with E-state index < -0.39 is 17.3 Å². The van der Waals surface area contributed by atoms with Crippen molar-refractivity contribution in [2.24, 2.45) is 17.3 Å². The van der Waals surface area contributed by atoms with Gasteiger partial charge in [0.25, 0.3) is 0 Å². The zero-order valence-electron chi connectivity index (χ0n) is 17.3. The number of fused-ring (bicyclic) bond motifs is 1. The summed E-state index contributed by atoms with van der Waals surface area (Å²) in [5, 5.41) is 21.1. The van der Waals surface area contributed by atoms with E-state index >= 15 is 0 Å². The SMILES string of the molecule is CCCCC(CC)(CO)C1C(=O)N(c2ccc(C#N)c3ccccc23)C(=O)C1C. The van der Waals surface area contributed by atoms with Crippen molar-refractivity contribution < 1.29 is 14.7 Å². The van der Waals surface area contributed by atoms with Gasteiger partial charge in [-0.05, 0) is 25.0 Å². The number of aliphatic hydroxyl groups excluding tert-OH is 1. The molecule has 2 aromatic rings. The Hall–Kier alpha value is -2.71. The Kier molecular flexibility index (Phi) is 6.04. The maximum atomic E-state index is 13.6. The monoisotopic (exact) mass is 392 g/mol. The highest BCUT2D eigenvalue weighted by molar-refractivity contribution is 6.25. The first-order valence-electron chi connectivity index (χ1n) is 10.4. The molecule has 3 rings (SSSR count). The van der Waals surface area contributed by atoms with Crippen LogP contribution in [0.4, 0.5) is 5.69 Å². The summed E-state index contributed by atoms with van der Waals surface area (Å²) in [4.78, 5) is 28.1. The lowest BCUT2D eigenvalue weighted by Gasteiger charge is -2.37. The summed E-state index contributed by atoms with van der Waals surface area (Å²) in [7, 11) is 0. The minimum Gasteiger partial charge on any atom is -0.396 e. The Balaban J connectivity index is 2.12. The molecule has 2 amide bonds. The van der Waals surface area contributed by atoms with E-state index in [-0.39, 0.29) is 18.4 Å². The van der Waals surface area contributed by atoms with Crippen LogP contribution < -0.4 is 4.90 Å².